The lowest BCUT2D eigenvalue weighted by atomic mass is 9.84. The molecule has 3 rings (SSSR count). The van der Waals surface area contributed by atoms with E-state index in [1.54, 1.807) is 0 Å². The molecule has 1 saturated heterocycles. The molecule has 0 bridgehead atoms. The van der Waals surface area contributed by atoms with Gasteiger partial charge in [0.1, 0.15) is 0 Å². The Bertz CT molecular complexity index is 679. The van der Waals surface area contributed by atoms with Crippen LogP contribution in [0.15, 0.2) is 18.2 Å². The molecular weight excluding hydrogens is 407 g/mol. The first-order chi connectivity index (χ1) is 14.0. The van der Waals surface area contributed by atoms with E-state index in [1.807, 2.05) is 19.1 Å². The average molecular weight is 441 g/mol. The van der Waals surface area contributed by atoms with Crippen molar-refractivity contribution < 1.29 is 4.79 Å². The Labute approximate surface area is 185 Å². The van der Waals surface area contributed by atoms with Gasteiger partial charge in [0.25, 0.3) is 0 Å². The fourth-order valence-electron chi connectivity index (χ4n) is 4.62. The predicted octanol–water partition coefficient (Wildman–Crippen LogP) is 4.77. The first kappa shape index (κ1) is 22.5. The summed E-state index contributed by atoms with van der Waals surface area (Å²) in [6, 6.07) is 6.68. The van der Waals surface area contributed by atoms with E-state index in [4.69, 9.17) is 23.2 Å². The zero-order valence-corrected chi connectivity index (χ0v) is 19.1. The fraction of sp³-hybridized carbons (Fsp3) is 0.682. The zero-order chi connectivity index (χ0) is 20.8. The number of amides is 2. The first-order valence-electron chi connectivity index (χ1n) is 10.9. The van der Waals surface area contributed by atoms with E-state index in [0.29, 0.717) is 28.7 Å². The third-order valence-corrected chi connectivity index (χ3v) is 7.19. The van der Waals surface area contributed by atoms with Crippen molar-refractivity contribution >= 4 is 34.9 Å². The molecule has 1 aromatic carbocycles. The number of anilines is 1. The van der Waals surface area contributed by atoms with Crippen LogP contribution >= 0.6 is 23.2 Å². The Morgan fingerprint density at radius 1 is 1.17 bits per heavy atom. The lowest BCUT2D eigenvalue weighted by Crippen LogP contribution is -2.52. The van der Waals surface area contributed by atoms with Gasteiger partial charge in [0.2, 0.25) is 0 Å². The molecule has 2 fully saturated rings. The van der Waals surface area contributed by atoms with Crippen molar-refractivity contribution in [3.8, 4) is 0 Å². The molecule has 0 radical (unpaired) electrons. The van der Waals surface area contributed by atoms with Gasteiger partial charge in [-0.15, -0.1) is 0 Å². The van der Waals surface area contributed by atoms with Crippen LogP contribution in [0.2, 0.25) is 10.0 Å². The average Bonchev–Trinajstić information content (AvgIpc) is 2.70. The summed E-state index contributed by atoms with van der Waals surface area (Å²) in [5.41, 5.74) is 1.04. The highest BCUT2D eigenvalue weighted by atomic mass is 35.5. The Morgan fingerprint density at radius 2 is 1.93 bits per heavy atom. The van der Waals surface area contributed by atoms with Gasteiger partial charge in [0, 0.05) is 38.3 Å². The molecule has 1 atom stereocenters. The van der Waals surface area contributed by atoms with Crippen LogP contribution in [0.3, 0.4) is 0 Å². The monoisotopic (exact) mass is 440 g/mol. The quantitative estimate of drug-likeness (QED) is 0.669. The van der Waals surface area contributed by atoms with Crippen LogP contribution < -0.4 is 15.5 Å². The molecular formula is C22H34Cl2N4O. The van der Waals surface area contributed by atoms with E-state index in [2.05, 4.69) is 33.4 Å². The molecule has 2 amide bonds. The number of nitrogens with zero attached hydrogens (tertiary/aromatic N) is 2. The minimum absolute atomic E-state index is 0.0255. The molecule has 1 aliphatic carbocycles. The van der Waals surface area contributed by atoms with Crippen molar-refractivity contribution in [2.75, 3.05) is 37.6 Å². The minimum Gasteiger partial charge on any atom is -0.367 e. The summed E-state index contributed by atoms with van der Waals surface area (Å²) in [6.07, 6.45) is 5.86. The van der Waals surface area contributed by atoms with Gasteiger partial charge < -0.3 is 15.5 Å². The highest BCUT2D eigenvalue weighted by molar-refractivity contribution is 6.43. The van der Waals surface area contributed by atoms with Crippen LogP contribution in [0, 0.1) is 5.92 Å². The number of rotatable bonds is 6. The molecule has 1 heterocycles. The van der Waals surface area contributed by atoms with E-state index in [1.165, 1.54) is 19.3 Å². The Balaban J connectivity index is 1.40. The normalized spacial score (nSPS) is 25.7. The van der Waals surface area contributed by atoms with Crippen LogP contribution in [-0.4, -0.2) is 55.7 Å². The van der Waals surface area contributed by atoms with Crippen LogP contribution in [0.5, 0.6) is 0 Å². The molecule has 0 spiro atoms. The van der Waals surface area contributed by atoms with Crippen LogP contribution in [0.25, 0.3) is 0 Å². The van der Waals surface area contributed by atoms with E-state index >= 15 is 0 Å². The van der Waals surface area contributed by atoms with E-state index in [0.717, 1.165) is 50.6 Å². The first-order valence-corrected chi connectivity index (χ1v) is 11.7. The van der Waals surface area contributed by atoms with Crippen molar-refractivity contribution in [2.45, 2.75) is 58.0 Å². The highest BCUT2D eigenvalue weighted by Crippen LogP contribution is 2.34. The van der Waals surface area contributed by atoms with E-state index in [9.17, 15) is 4.79 Å². The summed E-state index contributed by atoms with van der Waals surface area (Å²) in [6.45, 7) is 9.08. The number of halogens is 2. The Kier molecular flexibility index (Phi) is 8.34. The maximum Gasteiger partial charge on any atom is 0.314 e. The summed E-state index contributed by atoms with van der Waals surface area (Å²) in [7, 11) is 0. The van der Waals surface area contributed by atoms with Gasteiger partial charge >= 0.3 is 6.03 Å². The number of piperazine rings is 1. The van der Waals surface area contributed by atoms with Crippen molar-refractivity contribution in [3.05, 3.63) is 28.2 Å². The smallest absolute Gasteiger partial charge is 0.314 e. The maximum atomic E-state index is 11.7. The number of benzene rings is 1. The molecule has 2 aliphatic rings. The maximum absolute atomic E-state index is 11.7. The third-order valence-electron chi connectivity index (χ3n) is 6.38. The summed E-state index contributed by atoms with van der Waals surface area (Å²) in [5, 5.41) is 7.20. The molecule has 162 valence electrons. The van der Waals surface area contributed by atoms with Gasteiger partial charge in [-0.25, -0.2) is 4.79 Å². The second-order valence-corrected chi connectivity index (χ2v) is 9.20. The van der Waals surface area contributed by atoms with Crippen molar-refractivity contribution in [3.63, 3.8) is 0 Å². The zero-order valence-electron chi connectivity index (χ0n) is 17.6. The summed E-state index contributed by atoms with van der Waals surface area (Å²) >= 11 is 12.6. The third kappa shape index (κ3) is 6.16. The SMILES string of the molecule is CCNC(=O)NC1CCC(CCN2CCN(c3cccc(Cl)c3Cl)C[C@H]2C)CC1. The van der Waals surface area contributed by atoms with Crippen LogP contribution in [0.1, 0.15) is 46.0 Å². The van der Waals surface area contributed by atoms with Crippen molar-refractivity contribution in [1.29, 1.82) is 0 Å². The number of hydrogen-bond donors (Lipinski definition) is 2. The molecule has 0 unspecified atom stereocenters. The van der Waals surface area contributed by atoms with Gasteiger partial charge in [0.05, 0.1) is 15.7 Å². The van der Waals surface area contributed by atoms with Crippen molar-refractivity contribution in [2.24, 2.45) is 5.92 Å². The second kappa shape index (κ2) is 10.7. The summed E-state index contributed by atoms with van der Waals surface area (Å²) < 4.78 is 0. The molecule has 7 heteroatoms. The molecule has 1 aliphatic heterocycles. The van der Waals surface area contributed by atoms with Gasteiger partial charge in [-0.1, -0.05) is 29.3 Å². The second-order valence-electron chi connectivity index (χ2n) is 8.41. The van der Waals surface area contributed by atoms with Crippen molar-refractivity contribution in [1.82, 2.24) is 15.5 Å². The number of carbonyl (C=O) groups is 1. The van der Waals surface area contributed by atoms with Gasteiger partial charge in [-0.3, -0.25) is 4.90 Å². The van der Waals surface area contributed by atoms with Crippen LogP contribution in [-0.2, 0) is 0 Å². The van der Waals surface area contributed by atoms with E-state index < -0.39 is 0 Å². The van der Waals surface area contributed by atoms with E-state index in [-0.39, 0.29) is 6.03 Å². The molecule has 1 aromatic rings. The molecule has 2 N–H and O–H groups in total. The number of urea groups is 1. The largest absolute Gasteiger partial charge is 0.367 e. The molecule has 5 nitrogen and oxygen atoms in total. The predicted molar refractivity (Wildman–Crippen MR) is 122 cm³/mol. The molecule has 29 heavy (non-hydrogen) atoms. The summed E-state index contributed by atoms with van der Waals surface area (Å²) in [4.78, 5) is 16.6. The molecule has 0 aromatic heterocycles. The lowest BCUT2D eigenvalue weighted by Gasteiger charge is -2.42. The highest BCUT2D eigenvalue weighted by Gasteiger charge is 2.27. The Morgan fingerprint density at radius 3 is 2.62 bits per heavy atom. The number of carbonyl (C=O) groups excluding carboxylic acids is 1. The topological polar surface area (TPSA) is 47.6 Å². The van der Waals surface area contributed by atoms with Gasteiger partial charge in [-0.2, -0.15) is 0 Å². The minimum atomic E-state index is -0.0255. The van der Waals surface area contributed by atoms with Gasteiger partial charge in [0.15, 0.2) is 0 Å². The summed E-state index contributed by atoms with van der Waals surface area (Å²) in [5.74, 6) is 0.773. The Hall–Kier alpha value is -1.17. The number of hydrogen-bond acceptors (Lipinski definition) is 3. The number of nitrogens with one attached hydrogen (secondary N) is 2. The van der Waals surface area contributed by atoms with Crippen LogP contribution in [0.4, 0.5) is 10.5 Å². The fourth-order valence-corrected chi connectivity index (χ4v) is 5.04. The standard InChI is InChI=1S/C22H34Cl2N4O/c1-3-25-22(29)26-18-9-7-17(8-10-18)11-12-27-13-14-28(15-16(27)2)20-6-4-5-19(23)21(20)24/h4-6,16-18H,3,7-15H2,1-2H3,(H2,25,26,29)/t16-,17?,18?/m1/s1. The molecule has 1 saturated carbocycles. The lowest BCUT2D eigenvalue weighted by molar-refractivity contribution is 0.164. The van der Waals surface area contributed by atoms with Gasteiger partial charge in [-0.05, 0) is 70.5 Å².